The number of carbonyl (C=O) groups is 2. The standard InChI is InChI=1S/C15H12FN3O3S/c1-7(20)18-15-19-10-4-3-9(13(22)14(10)23-15)12(21)8-2-5-11(16)17-6-8/h2,5-6,22H,3-4H2,1H3,(H,18,19,20). The summed E-state index contributed by atoms with van der Waals surface area (Å²) in [5.74, 6) is -1.47. The second-order valence-electron chi connectivity index (χ2n) is 5.00. The maximum absolute atomic E-state index is 12.8. The van der Waals surface area contributed by atoms with Crippen molar-refractivity contribution in [2.24, 2.45) is 0 Å². The Morgan fingerprint density at radius 3 is 2.78 bits per heavy atom. The summed E-state index contributed by atoms with van der Waals surface area (Å²) in [5, 5.41) is 13.3. The first-order valence-corrected chi connectivity index (χ1v) is 7.63. The van der Waals surface area contributed by atoms with E-state index < -0.39 is 11.7 Å². The normalized spacial score (nSPS) is 13.7. The number of hydrogen-bond donors (Lipinski definition) is 2. The summed E-state index contributed by atoms with van der Waals surface area (Å²) in [6.07, 6.45) is 1.94. The fourth-order valence-corrected chi connectivity index (χ4v) is 3.34. The quantitative estimate of drug-likeness (QED) is 0.665. The molecule has 0 bridgehead atoms. The number of anilines is 1. The topological polar surface area (TPSA) is 92.2 Å². The molecular weight excluding hydrogens is 321 g/mol. The molecule has 0 saturated heterocycles. The highest BCUT2D eigenvalue weighted by Crippen LogP contribution is 2.36. The number of ketones is 1. The van der Waals surface area contributed by atoms with Gasteiger partial charge in [0, 0.05) is 24.3 Å². The number of rotatable bonds is 3. The number of carbonyl (C=O) groups excluding carboxylic acids is 2. The Morgan fingerprint density at radius 1 is 1.35 bits per heavy atom. The van der Waals surface area contributed by atoms with Gasteiger partial charge in [-0.15, -0.1) is 0 Å². The molecule has 0 radical (unpaired) electrons. The number of pyridine rings is 1. The molecule has 2 aromatic rings. The van der Waals surface area contributed by atoms with Gasteiger partial charge in [0.15, 0.2) is 10.9 Å². The summed E-state index contributed by atoms with van der Waals surface area (Å²) in [4.78, 5) is 31.7. The fourth-order valence-electron chi connectivity index (χ4n) is 2.31. The van der Waals surface area contributed by atoms with E-state index in [1.54, 1.807) is 0 Å². The van der Waals surface area contributed by atoms with Crippen molar-refractivity contribution in [3.8, 4) is 0 Å². The molecule has 118 valence electrons. The molecule has 1 aliphatic rings. The van der Waals surface area contributed by atoms with Gasteiger partial charge in [0.25, 0.3) is 0 Å². The molecule has 3 rings (SSSR count). The molecule has 1 amide bonds. The first-order valence-electron chi connectivity index (χ1n) is 6.81. The Hall–Kier alpha value is -2.61. The zero-order valence-electron chi connectivity index (χ0n) is 12.1. The van der Waals surface area contributed by atoms with Gasteiger partial charge < -0.3 is 10.4 Å². The number of hydrogen-bond acceptors (Lipinski definition) is 6. The first kappa shape index (κ1) is 15.3. The summed E-state index contributed by atoms with van der Waals surface area (Å²) in [7, 11) is 0. The molecule has 0 spiro atoms. The largest absolute Gasteiger partial charge is 0.506 e. The van der Waals surface area contributed by atoms with Crippen LogP contribution in [0.5, 0.6) is 0 Å². The van der Waals surface area contributed by atoms with E-state index in [2.05, 4.69) is 15.3 Å². The van der Waals surface area contributed by atoms with E-state index in [0.717, 1.165) is 23.6 Å². The predicted molar refractivity (Wildman–Crippen MR) is 82.8 cm³/mol. The highest BCUT2D eigenvalue weighted by Gasteiger charge is 2.27. The van der Waals surface area contributed by atoms with E-state index in [9.17, 15) is 19.1 Å². The predicted octanol–water partition coefficient (Wildman–Crippen LogP) is 2.73. The van der Waals surface area contributed by atoms with E-state index in [0.29, 0.717) is 28.5 Å². The molecule has 2 aromatic heterocycles. The van der Waals surface area contributed by atoms with Crippen LogP contribution in [0.25, 0.3) is 5.76 Å². The van der Waals surface area contributed by atoms with Gasteiger partial charge in [0.2, 0.25) is 11.9 Å². The van der Waals surface area contributed by atoms with Gasteiger partial charge in [0.1, 0.15) is 5.76 Å². The van der Waals surface area contributed by atoms with Crippen molar-refractivity contribution in [1.29, 1.82) is 0 Å². The SMILES string of the molecule is CC(=O)Nc1nc2c(s1)C(O)=C(C(=O)c1ccc(F)nc1)CC2. The third-order valence-electron chi connectivity index (χ3n) is 3.36. The third-order valence-corrected chi connectivity index (χ3v) is 4.38. The van der Waals surface area contributed by atoms with E-state index >= 15 is 0 Å². The lowest BCUT2D eigenvalue weighted by atomic mass is 9.93. The maximum atomic E-state index is 12.8. The summed E-state index contributed by atoms with van der Waals surface area (Å²) >= 11 is 1.11. The van der Waals surface area contributed by atoms with Crippen molar-refractivity contribution in [3.63, 3.8) is 0 Å². The molecular formula is C15H12FN3O3S. The number of aliphatic hydroxyl groups excluding tert-OH is 1. The molecule has 0 aliphatic heterocycles. The number of nitrogens with zero attached hydrogens (tertiary/aromatic N) is 2. The molecule has 0 saturated carbocycles. The minimum atomic E-state index is -0.673. The first-order chi connectivity index (χ1) is 11.0. The van der Waals surface area contributed by atoms with Crippen LogP contribution in [0.1, 0.15) is 34.3 Å². The van der Waals surface area contributed by atoms with Crippen LogP contribution >= 0.6 is 11.3 Å². The zero-order chi connectivity index (χ0) is 16.6. The molecule has 23 heavy (non-hydrogen) atoms. The Morgan fingerprint density at radius 2 is 2.13 bits per heavy atom. The van der Waals surface area contributed by atoms with Crippen molar-refractivity contribution < 1.29 is 19.1 Å². The lowest BCUT2D eigenvalue weighted by molar-refractivity contribution is -0.114. The average Bonchev–Trinajstić information content (AvgIpc) is 2.90. The minimum Gasteiger partial charge on any atom is -0.506 e. The van der Waals surface area contributed by atoms with Gasteiger partial charge >= 0.3 is 0 Å². The molecule has 1 aliphatic carbocycles. The van der Waals surface area contributed by atoms with Crippen LogP contribution < -0.4 is 5.32 Å². The summed E-state index contributed by atoms with van der Waals surface area (Å²) in [6.45, 7) is 1.37. The van der Waals surface area contributed by atoms with Crippen molar-refractivity contribution in [1.82, 2.24) is 9.97 Å². The number of allylic oxidation sites excluding steroid dienone is 1. The Bertz CT molecular complexity index is 827. The number of aryl methyl sites for hydroxylation is 1. The molecule has 2 heterocycles. The lowest BCUT2D eigenvalue weighted by Gasteiger charge is -2.14. The summed E-state index contributed by atoms with van der Waals surface area (Å²) in [6, 6.07) is 2.43. The number of amides is 1. The second kappa shape index (κ2) is 5.88. The van der Waals surface area contributed by atoms with Crippen molar-refractivity contribution in [2.45, 2.75) is 19.8 Å². The van der Waals surface area contributed by atoms with Crippen molar-refractivity contribution >= 4 is 33.9 Å². The number of nitrogens with one attached hydrogen (secondary N) is 1. The number of Topliss-reactive ketones (excluding diaryl/α,β-unsaturated/α-hetero) is 1. The van der Waals surface area contributed by atoms with Crippen LogP contribution in [0, 0.1) is 5.95 Å². The van der Waals surface area contributed by atoms with Gasteiger partial charge in [-0.25, -0.2) is 9.97 Å². The van der Waals surface area contributed by atoms with Crippen LogP contribution in [-0.4, -0.2) is 26.8 Å². The third kappa shape index (κ3) is 2.98. The molecule has 6 nitrogen and oxygen atoms in total. The number of thiazole rings is 1. The molecule has 2 N–H and O–H groups in total. The fraction of sp³-hybridized carbons (Fsp3) is 0.200. The van der Waals surface area contributed by atoms with Gasteiger partial charge in [0.05, 0.1) is 10.6 Å². The number of aliphatic hydroxyl groups is 1. The van der Waals surface area contributed by atoms with E-state index in [-0.39, 0.29) is 22.8 Å². The molecule has 0 aromatic carbocycles. The van der Waals surface area contributed by atoms with Crippen LogP contribution in [0.4, 0.5) is 9.52 Å². The molecule has 0 fully saturated rings. The summed E-state index contributed by atoms with van der Waals surface area (Å²) < 4.78 is 12.8. The van der Waals surface area contributed by atoms with Crippen molar-refractivity contribution in [3.05, 3.63) is 46.0 Å². The van der Waals surface area contributed by atoms with Crippen LogP contribution in [0.3, 0.4) is 0 Å². The molecule has 0 unspecified atom stereocenters. The number of halogens is 1. The van der Waals surface area contributed by atoms with Crippen LogP contribution in [0.2, 0.25) is 0 Å². The van der Waals surface area contributed by atoms with E-state index in [1.807, 2.05) is 0 Å². The van der Waals surface area contributed by atoms with Crippen LogP contribution in [-0.2, 0) is 11.2 Å². The molecule has 0 atom stereocenters. The van der Waals surface area contributed by atoms with E-state index in [4.69, 9.17) is 0 Å². The van der Waals surface area contributed by atoms with E-state index in [1.165, 1.54) is 13.0 Å². The smallest absolute Gasteiger partial charge is 0.223 e. The van der Waals surface area contributed by atoms with Crippen molar-refractivity contribution in [2.75, 3.05) is 5.32 Å². The number of fused-ring (bicyclic) bond motifs is 1. The average molecular weight is 333 g/mol. The van der Waals surface area contributed by atoms with Gasteiger partial charge in [-0.2, -0.15) is 4.39 Å². The lowest BCUT2D eigenvalue weighted by Crippen LogP contribution is -2.12. The van der Waals surface area contributed by atoms with Gasteiger partial charge in [-0.05, 0) is 25.0 Å². The Labute approximate surface area is 134 Å². The Balaban J connectivity index is 1.95. The Kier molecular flexibility index (Phi) is 3.91. The highest BCUT2D eigenvalue weighted by atomic mass is 32.1. The zero-order valence-corrected chi connectivity index (χ0v) is 12.9. The number of aromatic nitrogens is 2. The second-order valence-corrected chi connectivity index (χ2v) is 6.00. The highest BCUT2D eigenvalue weighted by molar-refractivity contribution is 7.16. The monoisotopic (exact) mass is 333 g/mol. The van der Waals surface area contributed by atoms with Gasteiger partial charge in [-0.1, -0.05) is 11.3 Å². The maximum Gasteiger partial charge on any atom is 0.223 e. The summed E-state index contributed by atoms with van der Waals surface area (Å²) in [5.41, 5.74) is 1.09. The van der Waals surface area contributed by atoms with Crippen LogP contribution in [0.15, 0.2) is 23.9 Å². The van der Waals surface area contributed by atoms with Gasteiger partial charge in [-0.3, -0.25) is 9.59 Å². The minimum absolute atomic E-state index is 0.144. The molecule has 8 heteroatoms.